The molecule has 63 heavy (non-hydrogen) atoms. The molecule has 0 aromatic carbocycles. The molecule has 0 aromatic heterocycles. The maximum atomic E-state index is 13.1. The van der Waals surface area contributed by atoms with Gasteiger partial charge in [0, 0.05) is 0 Å². The molecular formula is C47H76O16. The van der Waals surface area contributed by atoms with Crippen molar-refractivity contribution >= 4 is 5.97 Å². The van der Waals surface area contributed by atoms with Crippen LogP contribution in [0.25, 0.3) is 0 Å². The first-order chi connectivity index (χ1) is 29.4. The van der Waals surface area contributed by atoms with Gasteiger partial charge in [-0.3, -0.25) is 4.79 Å². The van der Waals surface area contributed by atoms with E-state index in [0.717, 1.165) is 51.4 Å². The lowest BCUT2D eigenvalue weighted by molar-refractivity contribution is -0.388. The maximum Gasteiger partial charge on any atom is 0.310 e. The molecule has 22 unspecified atom stereocenters. The summed E-state index contributed by atoms with van der Waals surface area (Å²) < 4.78 is 37.1. The summed E-state index contributed by atoms with van der Waals surface area (Å²) in [4.78, 5) is 13.1. The topological polar surface area (TPSA) is 255 Å². The number of hydrogen-bond donors (Lipinski definition) is 9. The number of rotatable bonds is 8. The molecule has 360 valence electrons. The van der Waals surface area contributed by atoms with E-state index >= 15 is 0 Å². The summed E-state index contributed by atoms with van der Waals surface area (Å²) in [5.74, 6) is -0.0609. The Balaban J connectivity index is 1.07. The van der Waals surface area contributed by atoms with Gasteiger partial charge >= 0.3 is 5.97 Å². The highest BCUT2D eigenvalue weighted by atomic mass is 16.8. The molecule has 9 N–H and O–H groups in total. The van der Waals surface area contributed by atoms with Crippen LogP contribution in [0.1, 0.15) is 120 Å². The number of fused-ring (bicyclic) bond motifs is 7. The number of carboxylic acids is 1. The molecule has 7 fully saturated rings. The zero-order chi connectivity index (χ0) is 46.0. The lowest BCUT2D eigenvalue weighted by Gasteiger charge is -2.71. The normalized spacial score (nSPS) is 54.1. The second-order valence-corrected chi connectivity index (χ2v) is 23.0. The van der Waals surface area contributed by atoms with Crippen LogP contribution in [-0.2, 0) is 33.2 Å². The summed E-state index contributed by atoms with van der Waals surface area (Å²) in [6, 6.07) is 0. The molecule has 8 aliphatic rings. The molecule has 16 heteroatoms. The molecule has 4 saturated carbocycles. The van der Waals surface area contributed by atoms with E-state index in [2.05, 4.69) is 54.5 Å². The molecule has 8 rings (SSSR count). The van der Waals surface area contributed by atoms with Gasteiger partial charge < -0.3 is 74.4 Å². The van der Waals surface area contributed by atoms with Gasteiger partial charge in [0.2, 0.25) is 0 Å². The summed E-state index contributed by atoms with van der Waals surface area (Å²) in [7, 11) is 0. The van der Waals surface area contributed by atoms with Crippen LogP contribution >= 0.6 is 0 Å². The van der Waals surface area contributed by atoms with Crippen LogP contribution in [-0.4, -0.2) is 157 Å². The second kappa shape index (κ2) is 16.7. The fraction of sp³-hybridized carbons (Fsp3) is 0.936. The van der Waals surface area contributed by atoms with E-state index in [1.54, 1.807) is 0 Å². The van der Waals surface area contributed by atoms with Crippen LogP contribution in [0, 0.1) is 50.2 Å². The van der Waals surface area contributed by atoms with Crippen LogP contribution in [0.2, 0.25) is 0 Å². The minimum absolute atomic E-state index is 0.0238. The monoisotopic (exact) mass is 897 g/mol. The molecule has 0 aromatic rings. The van der Waals surface area contributed by atoms with E-state index in [1.165, 1.54) is 12.5 Å². The van der Waals surface area contributed by atoms with Crippen molar-refractivity contribution in [3.63, 3.8) is 0 Å². The van der Waals surface area contributed by atoms with Crippen molar-refractivity contribution in [2.24, 2.45) is 50.2 Å². The highest BCUT2D eigenvalue weighted by Gasteiger charge is 2.70. The van der Waals surface area contributed by atoms with Crippen LogP contribution in [0.5, 0.6) is 0 Å². The van der Waals surface area contributed by atoms with Crippen molar-refractivity contribution < 1.29 is 79.2 Å². The van der Waals surface area contributed by atoms with Crippen LogP contribution in [0.4, 0.5) is 0 Å². The Bertz CT molecular complexity index is 1720. The molecule has 3 saturated heterocycles. The molecule has 3 heterocycles. The first-order valence-electron chi connectivity index (χ1n) is 23.6. The van der Waals surface area contributed by atoms with Crippen molar-refractivity contribution in [3.05, 3.63) is 11.6 Å². The van der Waals surface area contributed by atoms with Crippen LogP contribution in [0.3, 0.4) is 0 Å². The van der Waals surface area contributed by atoms with E-state index < -0.39 is 116 Å². The molecular weight excluding hydrogens is 821 g/mol. The number of aliphatic hydroxyl groups is 8. The second-order valence-electron chi connectivity index (χ2n) is 23.0. The van der Waals surface area contributed by atoms with Gasteiger partial charge in [0.05, 0.1) is 30.8 Å². The standard InChI is InChI=1S/C47H76O16/c1-22-30(50)32(52)34(54)38(59-22)63-37-36(62-39-35(55)33(53)31(51)26(20-48)60-39)25(49)21-58-40(37)61-29-12-13-44(6)27(43(29,4)5)11-14-46(8)28(44)10-9-23-24-19-42(2,3)15-17-47(24,41(56)57)18-16-45(23,46)7/h9,22,24-40,48-55H,10-21H2,1-8H3,(H,56,57). The number of allylic oxidation sites excluding steroid dienone is 2. The summed E-state index contributed by atoms with van der Waals surface area (Å²) in [5.41, 5.74) is 0.0522. The van der Waals surface area contributed by atoms with Gasteiger partial charge in [-0.05, 0) is 116 Å². The third-order valence-corrected chi connectivity index (χ3v) is 18.9. The zero-order valence-corrected chi connectivity index (χ0v) is 38.3. The van der Waals surface area contributed by atoms with Crippen molar-refractivity contribution in [3.8, 4) is 0 Å². The quantitative estimate of drug-likeness (QED) is 0.125. The number of carbonyl (C=O) groups is 1. The number of aliphatic hydroxyl groups excluding tert-OH is 8. The third-order valence-electron chi connectivity index (χ3n) is 18.9. The van der Waals surface area contributed by atoms with Gasteiger partial charge in [0.25, 0.3) is 0 Å². The lowest BCUT2D eigenvalue weighted by atomic mass is 9.33. The smallest absolute Gasteiger partial charge is 0.310 e. The van der Waals surface area contributed by atoms with Gasteiger partial charge in [0.1, 0.15) is 61.0 Å². The van der Waals surface area contributed by atoms with E-state index in [-0.39, 0.29) is 40.1 Å². The Morgan fingerprint density at radius 1 is 0.714 bits per heavy atom. The van der Waals surface area contributed by atoms with Crippen molar-refractivity contribution in [1.29, 1.82) is 0 Å². The summed E-state index contributed by atoms with van der Waals surface area (Å²) >= 11 is 0. The van der Waals surface area contributed by atoms with Crippen molar-refractivity contribution in [2.75, 3.05) is 13.2 Å². The molecule has 0 amide bonds. The fourth-order valence-electron chi connectivity index (χ4n) is 14.8. The van der Waals surface area contributed by atoms with Crippen molar-refractivity contribution in [1.82, 2.24) is 0 Å². The van der Waals surface area contributed by atoms with Gasteiger partial charge in [-0.2, -0.15) is 0 Å². The molecule has 5 aliphatic carbocycles. The molecule has 22 atom stereocenters. The first-order valence-corrected chi connectivity index (χ1v) is 23.6. The minimum Gasteiger partial charge on any atom is -0.481 e. The highest BCUT2D eigenvalue weighted by molar-refractivity contribution is 5.76. The Morgan fingerprint density at radius 3 is 2.02 bits per heavy atom. The fourth-order valence-corrected chi connectivity index (χ4v) is 14.8. The largest absolute Gasteiger partial charge is 0.481 e. The third kappa shape index (κ3) is 7.51. The molecule has 0 radical (unpaired) electrons. The highest BCUT2D eigenvalue weighted by Crippen LogP contribution is 2.76. The van der Waals surface area contributed by atoms with Gasteiger partial charge in [0.15, 0.2) is 18.9 Å². The van der Waals surface area contributed by atoms with E-state index in [1.807, 2.05) is 0 Å². The average Bonchev–Trinajstić information content (AvgIpc) is 3.22. The molecule has 3 aliphatic heterocycles. The summed E-state index contributed by atoms with van der Waals surface area (Å²) in [6.07, 6.45) is -10.5. The number of carboxylic acid groups (broad SMARTS) is 1. The number of hydrogen-bond acceptors (Lipinski definition) is 15. The molecule has 16 nitrogen and oxygen atoms in total. The predicted octanol–water partition coefficient (Wildman–Crippen LogP) is 2.37. The Hall–Kier alpha value is -1.35. The molecule has 0 spiro atoms. The van der Waals surface area contributed by atoms with E-state index in [4.69, 9.17) is 28.4 Å². The Kier molecular flexibility index (Phi) is 12.8. The Morgan fingerprint density at radius 2 is 1.35 bits per heavy atom. The van der Waals surface area contributed by atoms with Gasteiger partial charge in [-0.1, -0.05) is 60.1 Å². The number of aliphatic carboxylic acids is 1. The van der Waals surface area contributed by atoms with E-state index in [0.29, 0.717) is 18.8 Å². The van der Waals surface area contributed by atoms with Gasteiger partial charge in [-0.15, -0.1) is 0 Å². The Labute approximate surface area is 371 Å². The predicted molar refractivity (Wildman–Crippen MR) is 223 cm³/mol. The van der Waals surface area contributed by atoms with Crippen LogP contribution < -0.4 is 0 Å². The van der Waals surface area contributed by atoms with E-state index in [9.17, 15) is 50.8 Å². The molecule has 0 bridgehead atoms. The summed E-state index contributed by atoms with van der Waals surface area (Å²) in [6.45, 7) is 16.9. The maximum absolute atomic E-state index is 13.1. The van der Waals surface area contributed by atoms with Crippen LogP contribution in [0.15, 0.2) is 11.6 Å². The van der Waals surface area contributed by atoms with Crippen molar-refractivity contribution in [2.45, 2.75) is 212 Å². The lowest BCUT2D eigenvalue weighted by Crippen LogP contribution is -2.67. The zero-order valence-electron chi connectivity index (χ0n) is 38.3. The SMILES string of the molecule is CC1OC(OC2C(OC3CCC4(C)C(CCC5(C)C4CC=C4C6CC(C)(C)CCC6(C(=O)O)CCC45C)C3(C)C)OCC(O)C2OC2OC(CO)C(O)C(O)C2O)C(O)C(O)C1O. The minimum atomic E-state index is -1.80. The average molecular weight is 897 g/mol. The first kappa shape index (κ1) is 48.1. The number of ether oxygens (including phenoxy) is 6. The summed E-state index contributed by atoms with van der Waals surface area (Å²) in [5, 5.41) is 96.2. The van der Waals surface area contributed by atoms with Gasteiger partial charge in [-0.25, -0.2) is 0 Å².